The maximum absolute atomic E-state index is 11.8. The van der Waals surface area contributed by atoms with Gasteiger partial charge in [0, 0.05) is 25.6 Å². The largest absolute Gasteiger partial charge is 0.330 e. The number of hydrazine groups is 1. The first-order chi connectivity index (χ1) is 11.4. The van der Waals surface area contributed by atoms with Gasteiger partial charge in [0.05, 0.1) is 11.3 Å². The minimum absolute atomic E-state index is 0.0419. The zero-order chi connectivity index (χ0) is 18.1. The van der Waals surface area contributed by atoms with Gasteiger partial charge in [-0.25, -0.2) is 5.43 Å². The number of ketones is 1. The molecule has 0 saturated carbocycles. The van der Waals surface area contributed by atoms with Crippen molar-refractivity contribution in [1.29, 1.82) is 0 Å². The summed E-state index contributed by atoms with van der Waals surface area (Å²) in [6, 6.07) is -0.421. The summed E-state index contributed by atoms with van der Waals surface area (Å²) >= 11 is 1.30. The average Bonchev–Trinajstić information content (AvgIpc) is 2.77. The maximum atomic E-state index is 11.8. The Bertz CT molecular complexity index is 486. The van der Waals surface area contributed by atoms with Gasteiger partial charge in [-0.05, 0) is 26.3 Å². The molecular weight excluding hydrogens is 332 g/mol. The maximum Gasteiger partial charge on any atom is 0.242 e. The van der Waals surface area contributed by atoms with Crippen molar-refractivity contribution in [1.82, 2.24) is 15.8 Å². The number of carbonyl (C=O) groups excluding carboxylic acids is 4. The number of Topliss-reactive ketones (excluding diaryl/α,β-unsaturated/α-hetero) is 1. The van der Waals surface area contributed by atoms with Crippen LogP contribution in [0.4, 0.5) is 0 Å². The van der Waals surface area contributed by atoms with E-state index in [1.54, 1.807) is 0 Å². The van der Waals surface area contributed by atoms with Crippen LogP contribution in [0, 0.1) is 0 Å². The number of rotatable bonds is 11. The molecule has 0 aromatic heterocycles. The summed E-state index contributed by atoms with van der Waals surface area (Å²) in [5.74, 6) is -0.258. The molecule has 0 radical (unpaired) electrons. The first kappa shape index (κ1) is 20.6. The first-order valence-electron chi connectivity index (χ1n) is 8.03. The lowest BCUT2D eigenvalue weighted by Gasteiger charge is -2.16. The van der Waals surface area contributed by atoms with Crippen LogP contribution in [0.15, 0.2) is 0 Å². The smallest absolute Gasteiger partial charge is 0.242 e. The van der Waals surface area contributed by atoms with Crippen LogP contribution in [0.5, 0.6) is 0 Å². The van der Waals surface area contributed by atoms with Gasteiger partial charge in [0.25, 0.3) is 0 Å². The van der Waals surface area contributed by atoms with E-state index in [2.05, 4.69) is 10.9 Å². The highest BCUT2D eigenvalue weighted by atomic mass is 32.2. The fraction of sp³-hybridized carbons (Fsp3) is 0.733. The number of likely N-dealkylation sites (tertiary alicyclic amines) is 1. The molecule has 0 bridgehead atoms. The second-order valence-electron chi connectivity index (χ2n) is 5.74. The lowest BCUT2D eigenvalue weighted by molar-refractivity contribution is -0.136. The van der Waals surface area contributed by atoms with Gasteiger partial charge in [0.15, 0.2) is 0 Å². The van der Waals surface area contributed by atoms with E-state index in [-0.39, 0.29) is 36.3 Å². The topological polar surface area (TPSA) is 122 Å². The van der Waals surface area contributed by atoms with Crippen LogP contribution in [0.3, 0.4) is 0 Å². The summed E-state index contributed by atoms with van der Waals surface area (Å²) in [6.45, 7) is 2.05. The molecule has 3 amide bonds. The van der Waals surface area contributed by atoms with Crippen molar-refractivity contribution in [3.05, 3.63) is 0 Å². The number of amides is 3. The number of nitrogens with zero attached hydrogens (tertiary/aromatic N) is 1. The summed E-state index contributed by atoms with van der Waals surface area (Å²) < 4.78 is 0. The Morgan fingerprint density at radius 1 is 1.38 bits per heavy atom. The second kappa shape index (κ2) is 10.4. The zero-order valence-electron chi connectivity index (χ0n) is 14.2. The molecule has 8 nitrogen and oxygen atoms in total. The van der Waals surface area contributed by atoms with Crippen LogP contribution < -0.4 is 16.6 Å². The summed E-state index contributed by atoms with van der Waals surface area (Å²) in [6.07, 6.45) is 2.65. The van der Waals surface area contributed by atoms with Gasteiger partial charge in [-0.15, -0.1) is 11.8 Å². The van der Waals surface area contributed by atoms with Gasteiger partial charge in [0.1, 0.15) is 5.78 Å². The molecule has 0 spiro atoms. The van der Waals surface area contributed by atoms with Gasteiger partial charge >= 0.3 is 0 Å². The molecule has 1 saturated heterocycles. The molecule has 1 aliphatic rings. The highest BCUT2D eigenvalue weighted by molar-refractivity contribution is 8.00. The van der Waals surface area contributed by atoms with Crippen molar-refractivity contribution in [2.45, 2.75) is 50.3 Å². The molecule has 1 heterocycles. The Balaban J connectivity index is 2.24. The molecule has 0 aromatic rings. The standard InChI is InChI=1S/C15H26N4O4S/c1-10(20)11(5-3-4-7-16)17-18-13(21)6-8-24-12-9-14(22)19(2)15(12)23/h11-12,17H,3-9,16H2,1-2H3,(H,18,21)/t11-,12?/m0/s1. The summed E-state index contributed by atoms with van der Waals surface area (Å²) in [7, 11) is 1.47. The monoisotopic (exact) mass is 358 g/mol. The number of carbonyl (C=O) groups is 4. The van der Waals surface area contributed by atoms with Crippen LogP contribution in [0.25, 0.3) is 0 Å². The third-order valence-corrected chi connectivity index (χ3v) is 5.02. The molecule has 2 atom stereocenters. The number of unbranched alkanes of at least 4 members (excludes halogenated alkanes) is 1. The Hall–Kier alpha value is -1.45. The molecule has 24 heavy (non-hydrogen) atoms. The Labute approximate surface area is 146 Å². The number of imide groups is 1. The second-order valence-corrected chi connectivity index (χ2v) is 7.06. The molecule has 4 N–H and O–H groups in total. The van der Waals surface area contributed by atoms with Gasteiger partial charge in [0.2, 0.25) is 17.7 Å². The van der Waals surface area contributed by atoms with Crippen LogP contribution >= 0.6 is 11.8 Å². The Morgan fingerprint density at radius 3 is 2.62 bits per heavy atom. The van der Waals surface area contributed by atoms with Gasteiger partial charge in [-0.3, -0.25) is 29.5 Å². The number of nitrogens with two attached hydrogens (primary N) is 1. The summed E-state index contributed by atoms with van der Waals surface area (Å²) in [5, 5.41) is -0.399. The van der Waals surface area contributed by atoms with Crippen molar-refractivity contribution >= 4 is 35.3 Å². The molecule has 0 aromatic carbocycles. The Kier molecular flexibility index (Phi) is 8.94. The van der Waals surface area contributed by atoms with Gasteiger partial charge in [-0.1, -0.05) is 6.42 Å². The molecular formula is C15H26N4O4S. The quantitative estimate of drug-likeness (QED) is 0.260. The molecule has 0 aliphatic carbocycles. The van der Waals surface area contributed by atoms with Crippen LogP contribution in [0.1, 0.15) is 39.0 Å². The molecule has 9 heteroatoms. The van der Waals surface area contributed by atoms with Crippen LogP contribution in [-0.4, -0.2) is 59.0 Å². The molecule has 136 valence electrons. The minimum atomic E-state index is -0.421. The molecule has 1 aliphatic heterocycles. The molecule has 1 unspecified atom stereocenters. The third kappa shape index (κ3) is 6.58. The lowest BCUT2D eigenvalue weighted by atomic mass is 10.1. The van der Waals surface area contributed by atoms with E-state index in [1.807, 2.05) is 0 Å². The number of nitrogens with one attached hydrogen (secondary N) is 2. The van der Waals surface area contributed by atoms with Crippen LogP contribution in [-0.2, 0) is 19.2 Å². The van der Waals surface area contributed by atoms with Crippen molar-refractivity contribution < 1.29 is 19.2 Å². The van der Waals surface area contributed by atoms with E-state index in [4.69, 9.17) is 5.73 Å². The average molecular weight is 358 g/mol. The minimum Gasteiger partial charge on any atom is -0.330 e. The normalized spacial score (nSPS) is 18.8. The number of thioether (sulfide) groups is 1. The molecule has 1 fully saturated rings. The van der Waals surface area contributed by atoms with E-state index >= 15 is 0 Å². The predicted molar refractivity (Wildman–Crippen MR) is 91.9 cm³/mol. The van der Waals surface area contributed by atoms with Crippen molar-refractivity contribution in [3.8, 4) is 0 Å². The summed E-state index contributed by atoms with van der Waals surface area (Å²) in [5.41, 5.74) is 10.7. The Morgan fingerprint density at radius 2 is 2.08 bits per heavy atom. The number of hydrogen-bond donors (Lipinski definition) is 3. The van der Waals surface area contributed by atoms with Gasteiger partial charge in [-0.2, -0.15) is 0 Å². The highest BCUT2D eigenvalue weighted by Gasteiger charge is 2.36. The highest BCUT2D eigenvalue weighted by Crippen LogP contribution is 2.24. The van der Waals surface area contributed by atoms with Crippen molar-refractivity contribution in [2.24, 2.45) is 5.73 Å². The van der Waals surface area contributed by atoms with E-state index < -0.39 is 11.3 Å². The predicted octanol–water partition coefficient (Wildman–Crippen LogP) is -0.426. The summed E-state index contributed by atoms with van der Waals surface area (Å²) in [4.78, 5) is 47.6. The van der Waals surface area contributed by atoms with E-state index in [9.17, 15) is 19.2 Å². The van der Waals surface area contributed by atoms with E-state index in [0.717, 1.165) is 17.7 Å². The van der Waals surface area contributed by atoms with E-state index in [1.165, 1.54) is 25.7 Å². The number of hydrogen-bond acceptors (Lipinski definition) is 7. The van der Waals surface area contributed by atoms with Crippen molar-refractivity contribution in [2.75, 3.05) is 19.3 Å². The SMILES string of the molecule is CC(=O)[C@H](CCCCN)NNC(=O)CCSC1CC(=O)N(C)C1=O. The fourth-order valence-electron chi connectivity index (χ4n) is 2.25. The third-order valence-electron chi connectivity index (χ3n) is 3.81. The van der Waals surface area contributed by atoms with Gasteiger partial charge < -0.3 is 5.73 Å². The zero-order valence-corrected chi connectivity index (χ0v) is 15.0. The molecule has 1 rings (SSSR count). The first-order valence-corrected chi connectivity index (χ1v) is 9.08. The lowest BCUT2D eigenvalue weighted by Crippen LogP contribution is -2.47. The fourth-order valence-corrected chi connectivity index (χ4v) is 3.39. The van der Waals surface area contributed by atoms with E-state index in [0.29, 0.717) is 18.7 Å². The van der Waals surface area contributed by atoms with Crippen LogP contribution in [0.2, 0.25) is 0 Å². The van der Waals surface area contributed by atoms with Crippen molar-refractivity contribution in [3.63, 3.8) is 0 Å².